The van der Waals surface area contributed by atoms with Crippen LogP contribution in [0.2, 0.25) is 0 Å². The number of carbonyl (C=O) groups is 2. The number of esters is 1. The summed E-state index contributed by atoms with van der Waals surface area (Å²) < 4.78 is 11.3. The fourth-order valence-corrected chi connectivity index (χ4v) is 4.33. The summed E-state index contributed by atoms with van der Waals surface area (Å²) in [6.45, 7) is 0. The SMILES string of the molecule is COc1ccccc1N1C(=O)/C(=C/c2cccc(OC(=O)c3ccccc3)c2)SC1=S. The van der Waals surface area contributed by atoms with Crippen LogP contribution in [-0.4, -0.2) is 23.3 Å². The molecule has 1 amide bonds. The highest BCUT2D eigenvalue weighted by molar-refractivity contribution is 8.27. The van der Waals surface area contributed by atoms with E-state index >= 15 is 0 Å². The second-order valence-electron chi connectivity index (χ2n) is 6.52. The number of nitrogens with zero attached hydrogens (tertiary/aromatic N) is 1. The Hall–Kier alpha value is -3.42. The Morgan fingerprint density at radius 3 is 2.52 bits per heavy atom. The van der Waals surface area contributed by atoms with Gasteiger partial charge in [-0.05, 0) is 48.0 Å². The van der Waals surface area contributed by atoms with Crippen LogP contribution < -0.4 is 14.4 Å². The summed E-state index contributed by atoms with van der Waals surface area (Å²) in [5, 5.41) is 0. The molecule has 154 valence electrons. The number of thioether (sulfide) groups is 1. The molecule has 1 aliphatic heterocycles. The maximum atomic E-state index is 13.0. The van der Waals surface area contributed by atoms with Crippen molar-refractivity contribution < 1.29 is 19.1 Å². The smallest absolute Gasteiger partial charge is 0.343 e. The second kappa shape index (κ2) is 9.16. The molecule has 3 aromatic rings. The van der Waals surface area contributed by atoms with Gasteiger partial charge in [-0.2, -0.15) is 0 Å². The van der Waals surface area contributed by atoms with E-state index in [0.29, 0.717) is 32.0 Å². The number of carbonyl (C=O) groups excluding carboxylic acids is 2. The van der Waals surface area contributed by atoms with Crippen molar-refractivity contribution in [1.82, 2.24) is 0 Å². The largest absolute Gasteiger partial charge is 0.495 e. The van der Waals surface area contributed by atoms with Gasteiger partial charge in [-0.25, -0.2) is 4.79 Å². The quantitative estimate of drug-likeness (QED) is 0.228. The highest BCUT2D eigenvalue weighted by atomic mass is 32.2. The maximum absolute atomic E-state index is 13.0. The van der Waals surface area contributed by atoms with E-state index in [1.807, 2.05) is 24.3 Å². The van der Waals surface area contributed by atoms with Crippen LogP contribution in [0.3, 0.4) is 0 Å². The highest BCUT2D eigenvalue weighted by Gasteiger charge is 2.34. The molecule has 0 saturated carbocycles. The molecule has 4 rings (SSSR count). The van der Waals surface area contributed by atoms with Gasteiger partial charge in [-0.3, -0.25) is 9.69 Å². The molecule has 1 aliphatic rings. The number of benzene rings is 3. The number of para-hydroxylation sites is 2. The lowest BCUT2D eigenvalue weighted by Gasteiger charge is -2.17. The Morgan fingerprint density at radius 2 is 1.74 bits per heavy atom. The molecule has 31 heavy (non-hydrogen) atoms. The number of thiocarbonyl (C=S) groups is 1. The van der Waals surface area contributed by atoms with Gasteiger partial charge in [0.25, 0.3) is 5.91 Å². The van der Waals surface area contributed by atoms with E-state index < -0.39 is 5.97 Å². The third kappa shape index (κ3) is 4.52. The molecule has 0 aliphatic carbocycles. The van der Waals surface area contributed by atoms with Crippen LogP contribution in [0.25, 0.3) is 6.08 Å². The minimum atomic E-state index is -0.444. The van der Waals surface area contributed by atoms with Gasteiger partial charge in [0, 0.05) is 0 Å². The molecule has 0 unspecified atom stereocenters. The molecular weight excluding hydrogens is 430 g/mol. The molecular formula is C24H17NO4S2. The van der Waals surface area contributed by atoms with Gasteiger partial charge in [-0.1, -0.05) is 66.4 Å². The molecule has 5 nitrogen and oxygen atoms in total. The summed E-state index contributed by atoms with van der Waals surface area (Å²) in [6, 6.07) is 23.0. The number of methoxy groups -OCH3 is 1. The number of anilines is 1. The Balaban J connectivity index is 1.57. The minimum Gasteiger partial charge on any atom is -0.495 e. The van der Waals surface area contributed by atoms with Crippen LogP contribution in [0, 0.1) is 0 Å². The highest BCUT2D eigenvalue weighted by Crippen LogP contribution is 2.39. The number of rotatable bonds is 5. The lowest BCUT2D eigenvalue weighted by Crippen LogP contribution is -2.27. The van der Waals surface area contributed by atoms with E-state index in [4.69, 9.17) is 21.7 Å². The number of hydrogen-bond donors (Lipinski definition) is 0. The van der Waals surface area contributed by atoms with Gasteiger partial charge in [0.05, 0.1) is 23.3 Å². The first-order valence-electron chi connectivity index (χ1n) is 9.35. The van der Waals surface area contributed by atoms with Crippen LogP contribution >= 0.6 is 24.0 Å². The van der Waals surface area contributed by atoms with E-state index in [9.17, 15) is 9.59 Å². The van der Waals surface area contributed by atoms with Crippen LogP contribution in [0.15, 0.2) is 83.8 Å². The maximum Gasteiger partial charge on any atom is 0.343 e. The molecule has 1 heterocycles. The van der Waals surface area contributed by atoms with Crippen molar-refractivity contribution in [1.29, 1.82) is 0 Å². The van der Waals surface area contributed by atoms with Gasteiger partial charge >= 0.3 is 5.97 Å². The van der Waals surface area contributed by atoms with Crippen LogP contribution in [0.1, 0.15) is 15.9 Å². The third-order valence-electron chi connectivity index (χ3n) is 4.50. The van der Waals surface area contributed by atoms with Gasteiger partial charge in [0.1, 0.15) is 11.5 Å². The molecule has 0 spiro atoms. The van der Waals surface area contributed by atoms with E-state index in [1.165, 1.54) is 16.7 Å². The van der Waals surface area contributed by atoms with Gasteiger partial charge < -0.3 is 9.47 Å². The topological polar surface area (TPSA) is 55.8 Å². The summed E-state index contributed by atoms with van der Waals surface area (Å²) in [4.78, 5) is 27.3. The van der Waals surface area contributed by atoms with Crippen molar-refractivity contribution in [3.8, 4) is 11.5 Å². The second-order valence-corrected chi connectivity index (χ2v) is 8.19. The average molecular weight is 448 g/mol. The fourth-order valence-electron chi connectivity index (χ4n) is 3.05. The molecule has 0 radical (unpaired) electrons. The molecule has 0 aromatic heterocycles. The van der Waals surface area contributed by atoms with Crippen molar-refractivity contribution >= 4 is 51.9 Å². The predicted octanol–water partition coefficient (Wildman–Crippen LogP) is 5.32. The summed E-state index contributed by atoms with van der Waals surface area (Å²) >= 11 is 6.65. The molecule has 0 bridgehead atoms. The summed E-state index contributed by atoms with van der Waals surface area (Å²) in [7, 11) is 1.55. The molecule has 1 fully saturated rings. The Labute approximate surface area is 189 Å². The molecule has 0 N–H and O–H groups in total. The van der Waals surface area contributed by atoms with Gasteiger partial charge in [0.15, 0.2) is 4.32 Å². The van der Waals surface area contributed by atoms with Crippen molar-refractivity contribution in [2.75, 3.05) is 12.0 Å². The summed E-state index contributed by atoms with van der Waals surface area (Å²) in [6.07, 6.45) is 1.73. The van der Waals surface area contributed by atoms with Gasteiger partial charge in [-0.15, -0.1) is 0 Å². The zero-order valence-electron chi connectivity index (χ0n) is 16.5. The molecule has 7 heteroatoms. The Bertz CT molecular complexity index is 1190. The number of ether oxygens (including phenoxy) is 2. The zero-order chi connectivity index (χ0) is 21.8. The summed E-state index contributed by atoms with van der Waals surface area (Å²) in [5.74, 6) is 0.282. The first kappa shape index (κ1) is 20.8. The lowest BCUT2D eigenvalue weighted by molar-refractivity contribution is -0.113. The first-order valence-corrected chi connectivity index (χ1v) is 10.6. The van der Waals surface area contributed by atoms with Gasteiger partial charge in [0.2, 0.25) is 0 Å². The van der Waals surface area contributed by atoms with E-state index in [-0.39, 0.29) is 5.91 Å². The Morgan fingerprint density at radius 1 is 1.00 bits per heavy atom. The Kier molecular flexibility index (Phi) is 6.16. The number of hydrogen-bond acceptors (Lipinski definition) is 6. The zero-order valence-corrected chi connectivity index (χ0v) is 18.1. The van der Waals surface area contributed by atoms with Crippen molar-refractivity contribution in [2.24, 2.45) is 0 Å². The molecule has 3 aromatic carbocycles. The van der Waals surface area contributed by atoms with E-state index in [2.05, 4.69) is 0 Å². The average Bonchev–Trinajstić information content (AvgIpc) is 3.07. The van der Waals surface area contributed by atoms with Crippen LogP contribution in [-0.2, 0) is 4.79 Å². The van der Waals surface area contributed by atoms with E-state index in [0.717, 1.165) is 5.56 Å². The van der Waals surface area contributed by atoms with Crippen molar-refractivity contribution in [2.45, 2.75) is 0 Å². The lowest BCUT2D eigenvalue weighted by atomic mass is 10.2. The van der Waals surface area contributed by atoms with Crippen LogP contribution in [0.5, 0.6) is 11.5 Å². The minimum absolute atomic E-state index is 0.230. The normalized spacial score (nSPS) is 14.7. The molecule has 0 atom stereocenters. The predicted molar refractivity (Wildman–Crippen MR) is 126 cm³/mol. The van der Waals surface area contributed by atoms with E-state index in [1.54, 1.807) is 67.8 Å². The summed E-state index contributed by atoms with van der Waals surface area (Å²) in [5.41, 5.74) is 1.78. The van der Waals surface area contributed by atoms with Crippen molar-refractivity contribution in [3.05, 3.63) is 94.9 Å². The van der Waals surface area contributed by atoms with Crippen molar-refractivity contribution in [3.63, 3.8) is 0 Å². The molecule has 1 saturated heterocycles. The van der Waals surface area contributed by atoms with Crippen LogP contribution in [0.4, 0.5) is 5.69 Å². The number of amides is 1. The fraction of sp³-hybridized carbons (Fsp3) is 0.0417. The first-order chi connectivity index (χ1) is 15.1. The standard InChI is InChI=1S/C24H17NO4S2/c1-28-20-13-6-5-12-19(20)25-22(26)21(31-24(25)30)15-16-8-7-11-18(14-16)29-23(27)17-9-3-2-4-10-17/h2-15H,1H3/b21-15-. The third-order valence-corrected chi connectivity index (χ3v) is 5.80. The monoisotopic (exact) mass is 447 g/mol.